The molecule has 0 aliphatic rings. The molecule has 1 atom stereocenters. The number of aromatic nitrogens is 2. The molecule has 3 aromatic carbocycles. The summed E-state index contributed by atoms with van der Waals surface area (Å²) in [5.74, 6) is -0.0191. The molecule has 7 heteroatoms. The largest absolute Gasteiger partial charge is 0.322 e. The van der Waals surface area contributed by atoms with E-state index in [0.29, 0.717) is 28.1 Å². The molecule has 2 amide bonds. The second kappa shape index (κ2) is 8.39. The van der Waals surface area contributed by atoms with Crippen LogP contribution in [0, 0.1) is 5.82 Å². The SMILES string of the molecule is CC(c1nc2ccccc2c(=O)n1-c1ccccc1)N(C)C(=O)Nc1cccc(F)c1. The predicted molar refractivity (Wildman–Crippen MR) is 119 cm³/mol. The first kappa shape index (κ1) is 20.3. The highest BCUT2D eigenvalue weighted by Crippen LogP contribution is 2.22. The Bertz CT molecular complexity index is 1300. The summed E-state index contributed by atoms with van der Waals surface area (Å²) in [4.78, 5) is 32.3. The van der Waals surface area contributed by atoms with Gasteiger partial charge in [0.1, 0.15) is 11.6 Å². The summed E-state index contributed by atoms with van der Waals surface area (Å²) >= 11 is 0. The number of nitrogens with one attached hydrogen (secondary N) is 1. The van der Waals surface area contributed by atoms with E-state index in [1.165, 1.54) is 27.7 Å². The molecule has 0 radical (unpaired) electrons. The Hall–Kier alpha value is -4.00. The molecule has 0 saturated heterocycles. The normalized spacial score (nSPS) is 11.8. The number of rotatable bonds is 4. The minimum absolute atomic E-state index is 0.211. The molecule has 31 heavy (non-hydrogen) atoms. The lowest BCUT2D eigenvalue weighted by Crippen LogP contribution is -2.37. The van der Waals surface area contributed by atoms with Crippen molar-refractivity contribution in [3.63, 3.8) is 0 Å². The van der Waals surface area contributed by atoms with Crippen molar-refractivity contribution in [2.45, 2.75) is 13.0 Å². The first-order valence-electron chi connectivity index (χ1n) is 9.82. The van der Waals surface area contributed by atoms with Crippen LogP contribution in [0.15, 0.2) is 83.7 Å². The zero-order valence-electron chi connectivity index (χ0n) is 17.1. The Morgan fingerprint density at radius 3 is 2.48 bits per heavy atom. The van der Waals surface area contributed by atoms with Crippen molar-refractivity contribution >= 4 is 22.6 Å². The van der Waals surface area contributed by atoms with Crippen molar-refractivity contribution in [3.05, 3.63) is 101 Å². The summed E-state index contributed by atoms with van der Waals surface area (Å²) in [6.07, 6.45) is 0. The van der Waals surface area contributed by atoms with Gasteiger partial charge in [-0.1, -0.05) is 36.4 Å². The third-order valence-electron chi connectivity index (χ3n) is 5.17. The summed E-state index contributed by atoms with van der Waals surface area (Å²) in [5.41, 5.74) is 1.35. The van der Waals surface area contributed by atoms with Crippen LogP contribution in [-0.2, 0) is 0 Å². The highest BCUT2D eigenvalue weighted by Gasteiger charge is 2.24. The quantitative estimate of drug-likeness (QED) is 0.522. The second-order valence-electron chi connectivity index (χ2n) is 7.19. The second-order valence-corrected chi connectivity index (χ2v) is 7.19. The number of benzene rings is 3. The van der Waals surface area contributed by atoms with E-state index in [1.807, 2.05) is 36.4 Å². The Morgan fingerprint density at radius 1 is 1.03 bits per heavy atom. The highest BCUT2D eigenvalue weighted by atomic mass is 19.1. The van der Waals surface area contributed by atoms with Gasteiger partial charge in [-0.25, -0.2) is 14.2 Å². The van der Waals surface area contributed by atoms with Crippen LogP contribution < -0.4 is 10.9 Å². The van der Waals surface area contributed by atoms with E-state index in [0.717, 1.165) is 0 Å². The fourth-order valence-electron chi connectivity index (χ4n) is 3.38. The van der Waals surface area contributed by atoms with Gasteiger partial charge in [0.05, 0.1) is 22.6 Å². The maximum Gasteiger partial charge on any atom is 0.322 e. The zero-order valence-corrected chi connectivity index (χ0v) is 17.1. The third-order valence-corrected chi connectivity index (χ3v) is 5.17. The van der Waals surface area contributed by atoms with Crippen LogP contribution in [0.1, 0.15) is 18.8 Å². The third kappa shape index (κ3) is 4.02. The number of urea groups is 1. The van der Waals surface area contributed by atoms with Crippen molar-refractivity contribution in [2.75, 3.05) is 12.4 Å². The molecular weight excluding hydrogens is 395 g/mol. The smallest absolute Gasteiger partial charge is 0.318 e. The molecule has 0 aliphatic carbocycles. The van der Waals surface area contributed by atoms with Crippen LogP contribution in [0.4, 0.5) is 14.9 Å². The van der Waals surface area contributed by atoms with Crippen LogP contribution in [0.2, 0.25) is 0 Å². The van der Waals surface area contributed by atoms with Crippen molar-refractivity contribution in [1.29, 1.82) is 0 Å². The van der Waals surface area contributed by atoms with Gasteiger partial charge in [-0.2, -0.15) is 0 Å². The minimum atomic E-state index is -0.550. The number of hydrogen-bond acceptors (Lipinski definition) is 3. The molecule has 0 bridgehead atoms. The van der Waals surface area contributed by atoms with Gasteiger partial charge in [0.15, 0.2) is 0 Å². The molecule has 156 valence electrons. The summed E-state index contributed by atoms with van der Waals surface area (Å²) in [6.45, 7) is 1.79. The lowest BCUT2D eigenvalue weighted by Gasteiger charge is -2.27. The first-order valence-corrected chi connectivity index (χ1v) is 9.82. The fraction of sp³-hybridized carbons (Fsp3) is 0.125. The average Bonchev–Trinajstić information content (AvgIpc) is 2.78. The number of nitrogens with zero attached hydrogens (tertiary/aromatic N) is 3. The molecule has 1 heterocycles. The van der Waals surface area contributed by atoms with E-state index in [1.54, 1.807) is 38.2 Å². The molecule has 1 unspecified atom stereocenters. The van der Waals surface area contributed by atoms with E-state index < -0.39 is 17.9 Å². The van der Waals surface area contributed by atoms with E-state index >= 15 is 0 Å². The fourth-order valence-corrected chi connectivity index (χ4v) is 3.38. The van der Waals surface area contributed by atoms with Gasteiger partial charge in [-0.05, 0) is 49.4 Å². The summed E-state index contributed by atoms with van der Waals surface area (Å²) in [7, 11) is 1.61. The number of hydrogen-bond donors (Lipinski definition) is 1. The number of para-hydroxylation sites is 2. The molecule has 0 fully saturated rings. The molecular formula is C24H21FN4O2. The molecule has 0 spiro atoms. The minimum Gasteiger partial charge on any atom is -0.318 e. The monoisotopic (exact) mass is 416 g/mol. The standard InChI is InChI=1S/C24H21FN4O2/c1-16(28(2)24(31)26-18-10-8-9-17(25)15-18)22-27-21-14-7-6-13-20(21)23(30)29(22)19-11-4-3-5-12-19/h3-16H,1-2H3,(H,26,31). The molecule has 0 saturated carbocycles. The molecule has 4 rings (SSSR count). The Morgan fingerprint density at radius 2 is 1.74 bits per heavy atom. The van der Waals surface area contributed by atoms with E-state index in [2.05, 4.69) is 5.32 Å². The van der Waals surface area contributed by atoms with Gasteiger partial charge in [-0.15, -0.1) is 0 Å². The Labute approximate surface area is 178 Å². The predicted octanol–water partition coefficient (Wildman–Crippen LogP) is 4.75. The van der Waals surface area contributed by atoms with Crippen molar-refractivity contribution in [3.8, 4) is 5.69 Å². The van der Waals surface area contributed by atoms with Gasteiger partial charge in [0.25, 0.3) is 5.56 Å². The molecule has 4 aromatic rings. The molecule has 0 aliphatic heterocycles. The van der Waals surface area contributed by atoms with Gasteiger partial charge in [0.2, 0.25) is 0 Å². The Balaban J connectivity index is 1.77. The maximum atomic E-state index is 13.5. The van der Waals surface area contributed by atoms with E-state index in [-0.39, 0.29) is 5.56 Å². The first-order chi connectivity index (χ1) is 15.0. The van der Waals surface area contributed by atoms with Crippen molar-refractivity contribution in [1.82, 2.24) is 14.5 Å². The Kier molecular flexibility index (Phi) is 5.49. The van der Waals surface area contributed by atoms with Crippen molar-refractivity contribution < 1.29 is 9.18 Å². The van der Waals surface area contributed by atoms with Gasteiger partial charge >= 0.3 is 6.03 Å². The lowest BCUT2D eigenvalue weighted by atomic mass is 10.2. The van der Waals surface area contributed by atoms with E-state index in [4.69, 9.17) is 4.98 Å². The van der Waals surface area contributed by atoms with Crippen LogP contribution in [0.25, 0.3) is 16.6 Å². The molecule has 1 aromatic heterocycles. The van der Waals surface area contributed by atoms with Crippen LogP contribution in [0.5, 0.6) is 0 Å². The van der Waals surface area contributed by atoms with Gasteiger partial charge in [-0.3, -0.25) is 9.36 Å². The highest BCUT2D eigenvalue weighted by molar-refractivity contribution is 5.89. The summed E-state index contributed by atoms with van der Waals surface area (Å²) in [5, 5.41) is 3.17. The number of halogens is 1. The number of amides is 2. The van der Waals surface area contributed by atoms with E-state index in [9.17, 15) is 14.0 Å². The maximum absolute atomic E-state index is 13.5. The van der Waals surface area contributed by atoms with Crippen LogP contribution >= 0.6 is 0 Å². The zero-order chi connectivity index (χ0) is 22.0. The van der Waals surface area contributed by atoms with Crippen LogP contribution in [0.3, 0.4) is 0 Å². The summed E-state index contributed by atoms with van der Waals surface area (Å²) < 4.78 is 15.0. The average molecular weight is 416 g/mol. The summed E-state index contributed by atoms with van der Waals surface area (Å²) in [6, 6.07) is 21.0. The molecule has 6 nitrogen and oxygen atoms in total. The van der Waals surface area contributed by atoms with Crippen LogP contribution in [-0.4, -0.2) is 27.5 Å². The topological polar surface area (TPSA) is 67.2 Å². The number of anilines is 1. The lowest BCUT2D eigenvalue weighted by molar-refractivity contribution is 0.205. The number of carbonyl (C=O) groups is 1. The molecule has 1 N–H and O–H groups in total. The number of fused-ring (bicyclic) bond motifs is 1. The number of carbonyl (C=O) groups excluding carboxylic acids is 1. The van der Waals surface area contributed by atoms with Crippen molar-refractivity contribution in [2.24, 2.45) is 0 Å². The van der Waals surface area contributed by atoms with Gasteiger partial charge < -0.3 is 10.2 Å². The van der Waals surface area contributed by atoms with Gasteiger partial charge in [0, 0.05) is 12.7 Å².